The van der Waals surface area contributed by atoms with E-state index in [-0.39, 0.29) is 5.56 Å². The summed E-state index contributed by atoms with van der Waals surface area (Å²) in [5, 5.41) is 11.3. The number of benzene rings is 1. The van der Waals surface area contributed by atoms with Gasteiger partial charge in [-0.2, -0.15) is 0 Å². The number of anilines is 1. The highest BCUT2D eigenvalue weighted by atomic mass is 79.9. The molecule has 106 valence electrons. The largest absolute Gasteiger partial charge is 0.497 e. The molecule has 20 heavy (non-hydrogen) atoms. The first kappa shape index (κ1) is 14.9. The topological polar surface area (TPSA) is 49.8 Å². The lowest BCUT2D eigenvalue weighted by atomic mass is 10.1. The number of ether oxygens (including phenoxy) is 1. The number of methoxy groups -OCH3 is 1. The van der Waals surface area contributed by atoms with Gasteiger partial charge in [-0.15, -0.1) is 11.3 Å². The van der Waals surface area contributed by atoms with Gasteiger partial charge in [-0.1, -0.05) is 0 Å². The summed E-state index contributed by atoms with van der Waals surface area (Å²) < 4.78 is 6.21. The van der Waals surface area contributed by atoms with Gasteiger partial charge in [0.2, 0.25) is 0 Å². The van der Waals surface area contributed by atoms with E-state index < -0.39 is 5.97 Å². The van der Waals surface area contributed by atoms with Crippen LogP contribution in [0.15, 0.2) is 34.1 Å². The number of hydrogen-bond acceptors (Lipinski definition) is 4. The standard InChI is InChI=1S/C14H14BrNO3S/c1-16(7-11-5-9(15)8-20-11)13-6-10(19-2)3-4-12(13)14(17)18/h3-6,8H,7H2,1-2H3,(H,17,18). The Morgan fingerprint density at radius 2 is 2.20 bits per heavy atom. The maximum atomic E-state index is 11.3. The number of hydrogen-bond donors (Lipinski definition) is 1. The highest BCUT2D eigenvalue weighted by Gasteiger charge is 2.15. The van der Waals surface area contributed by atoms with Crippen molar-refractivity contribution in [3.05, 3.63) is 44.6 Å². The van der Waals surface area contributed by atoms with Crippen molar-refractivity contribution in [1.82, 2.24) is 0 Å². The maximum absolute atomic E-state index is 11.3. The molecule has 0 saturated heterocycles. The number of carboxylic acid groups (broad SMARTS) is 1. The third-order valence-corrected chi connectivity index (χ3v) is 4.54. The van der Waals surface area contributed by atoms with Crippen LogP contribution in [0.2, 0.25) is 0 Å². The summed E-state index contributed by atoms with van der Waals surface area (Å²) in [6.07, 6.45) is 0. The summed E-state index contributed by atoms with van der Waals surface area (Å²) in [6, 6.07) is 6.99. The number of thiophene rings is 1. The molecule has 4 nitrogen and oxygen atoms in total. The maximum Gasteiger partial charge on any atom is 0.337 e. The minimum absolute atomic E-state index is 0.268. The van der Waals surface area contributed by atoms with Gasteiger partial charge < -0.3 is 14.7 Å². The Labute approximate surface area is 129 Å². The fourth-order valence-corrected chi connectivity index (χ4v) is 3.39. The summed E-state index contributed by atoms with van der Waals surface area (Å²) in [4.78, 5) is 14.4. The van der Waals surface area contributed by atoms with Crippen molar-refractivity contribution in [2.24, 2.45) is 0 Å². The fourth-order valence-electron chi connectivity index (χ4n) is 1.89. The second-order valence-corrected chi connectivity index (χ2v) is 6.19. The van der Waals surface area contributed by atoms with Gasteiger partial charge >= 0.3 is 5.97 Å². The van der Waals surface area contributed by atoms with Crippen LogP contribution in [-0.2, 0) is 6.54 Å². The lowest BCUT2D eigenvalue weighted by molar-refractivity contribution is 0.0697. The van der Waals surface area contributed by atoms with Gasteiger partial charge in [0.15, 0.2) is 0 Å². The van der Waals surface area contributed by atoms with Crippen LogP contribution >= 0.6 is 27.3 Å². The van der Waals surface area contributed by atoms with Crippen molar-refractivity contribution in [2.75, 3.05) is 19.1 Å². The van der Waals surface area contributed by atoms with E-state index in [9.17, 15) is 9.90 Å². The van der Waals surface area contributed by atoms with Crippen LogP contribution in [0.3, 0.4) is 0 Å². The Morgan fingerprint density at radius 1 is 1.45 bits per heavy atom. The molecule has 2 rings (SSSR count). The summed E-state index contributed by atoms with van der Waals surface area (Å²) in [7, 11) is 3.44. The van der Waals surface area contributed by atoms with E-state index in [0.717, 1.165) is 9.35 Å². The van der Waals surface area contributed by atoms with Gasteiger partial charge in [0.1, 0.15) is 5.75 Å². The predicted molar refractivity (Wildman–Crippen MR) is 84.1 cm³/mol. The number of nitrogens with zero attached hydrogens (tertiary/aromatic N) is 1. The first-order valence-electron chi connectivity index (χ1n) is 5.86. The molecule has 1 aromatic heterocycles. The molecule has 0 radical (unpaired) electrons. The Balaban J connectivity index is 2.31. The highest BCUT2D eigenvalue weighted by Crippen LogP contribution is 2.28. The van der Waals surface area contributed by atoms with Crippen LogP contribution in [0.25, 0.3) is 0 Å². The van der Waals surface area contributed by atoms with E-state index >= 15 is 0 Å². The molecule has 0 aliphatic carbocycles. The van der Waals surface area contributed by atoms with Crippen LogP contribution in [0.1, 0.15) is 15.2 Å². The van der Waals surface area contributed by atoms with Gasteiger partial charge in [-0.25, -0.2) is 4.79 Å². The van der Waals surface area contributed by atoms with E-state index in [0.29, 0.717) is 18.0 Å². The van der Waals surface area contributed by atoms with Crippen LogP contribution in [0, 0.1) is 0 Å². The number of rotatable bonds is 5. The van der Waals surface area contributed by atoms with E-state index in [1.54, 1.807) is 36.6 Å². The zero-order chi connectivity index (χ0) is 14.7. The molecule has 0 fully saturated rings. The summed E-state index contributed by atoms with van der Waals surface area (Å²) >= 11 is 5.05. The fraction of sp³-hybridized carbons (Fsp3) is 0.214. The minimum atomic E-state index is -0.943. The van der Waals surface area contributed by atoms with Crippen molar-refractivity contribution in [1.29, 1.82) is 0 Å². The van der Waals surface area contributed by atoms with E-state index in [1.807, 2.05) is 23.4 Å². The SMILES string of the molecule is COc1ccc(C(=O)O)c(N(C)Cc2cc(Br)cs2)c1. The average molecular weight is 356 g/mol. The first-order valence-corrected chi connectivity index (χ1v) is 7.54. The van der Waals surface area contributed by atoms with Crippen LogP contribution < -0.4 is 9.64 Å². The second kappa shape index (κ2) is 6.28. The van der Waals surface area contributed by atoms with E-state index in [1.165, 1.54) is 0 Å². The molecule has 6 heteroatoms. The highest BCUT2D eigenvalue weighted by molar-refractivity contribution is 9.10. The molecule has 1 aromatic carbocycles. The Bertz CT molecular complexity index is 627. The molecule has 0 atom stereocenters. The molecule has 1 N–H and O–H groups in total. The molecule has 1 heterocycles. The molecule has 0 unspecified atom stereocenters. The molecule has 2 aromatic rings. The molecular weight excluding hydrogens is 342 g/mol. The lowest BCUT2D eigenvalue weighted by Crippen LogP contribution is -2.19. The first-order chi connectivity index (χ1) is 9.51. The zero-order valence-corrected chi connectivity index (χ0v) is 13.5. The Hall–Kier alpha value is -1.53. The molecular formula is C14H14BrNO3S. The summed E-state index contributed by atoms with van der Waals surface area (Å²) in [5.41, 5.74) is 0.908. The molecule has 0 bridgehead atoms. The van der Waals surface area contributed by atoms with Crippen molar-refractivity contribution in [2.45, 2.75) is 6.54 Å². The number of halogens is 1. The van der Waals surface area contributed by atoms with Crippen molar-refractivity contribution < 1.29 is 14.6 Å². The van der Waals surface area contributed by atoms with Crippen LogP contribution in [0.4, 0.5) is 5.69 Å². The van der Waals surface area contributed by atoms with E-state index in [4.69, 9.17) is 4.74 Å². The number of carbonyl (C=O) groups is 1. The number of carboxylic acids is 1. The molecule has 0 aliphatic rings. The van der Waals surface area contributed by atoms with Gasteiger partial charge in [-0.05, 0) is 34.1 Å². The Morgan fingerprint density at radius 3 is 2.75 bits per heavy atom. The van der Waals surface area contributed by atoms with Crippen molar-refractivity contribution >= 4 is 38.9 Å². The van der Waals surface area contributed by atoms with Gasteiger partial charge in [-0.3, -0.25) is 0 Å². The Kier molecular flexibility index (Phi) is 4.67. The predicted octanol–water partition coefficient (Wildman–Crippen LogP) is 3.85. The monoisotopic (exact) mass is 355 g/mol. The van der Waals surface area contributed by atoms with E-state index in [2.05, 4.69) is 15.9 Å². The molecule has 0 saturated carbocycles. The smallest absolute Gasteiger partial charge is 0.337 e. The summed E-state index contributed by atoms with van der Waals surface area (Å²) in [6.45, 7) is 0.643. The molecule has 0 amide bonds. The van der Waals surface area contributed by atoms with Crippen LogP contribution in [-0.4, -0.2) is 25.2 Å². The molecule has 0 spiro atoms. The third-order valence-electron chi connectivity index (χ3n) is 2.86. The quantitative estimate of drug-likeness (QED) is 0.884. The third kappa shape index (κ3) is 3.32. The zero-order valence-electron chi connectivity index (χ0n) is 11.1. The number of aromatic carboxylic acids is 1. The van der Waals surface area contributed by atoms with Gasteiger partial charge in [0.25, 0.3) is 0 Å². The van der Waals surface area contributed by atoms with Crippen LogP contribution in [0.5, 0.6) is 5.75 Å². The van der Waals surface area contributed by atoms with Gasteiger partial charge in [0, 0.05) is 27.8 Å². The average Bonchev–Trinajstić information content (AvgIpc) is 2.83. The minimum Gasteiger partial charge on any atom is -0.497 e. The van der Waals surface area contributed by atoms with Crippen molar-refractivity contribution in [3.8, 4) is 5.75 Å². The molecule has 0 aliphatic heterocycles. The lowest BCUT2D eigenvalue weighted by Gasteiger charge is -2.21. The second-order valence-electron chi connectivity index (χ2n) is 4.28. The summed E-state index contributed by atoms with van der Waals surface area (Å²) in [5.74, 6) is -0.300. The normalized spacial score (nSPS) is 10.3. The van der Waals surface area contributed by atoms with Gasteiger partial charge in [0.05, 0.1) is 24.9 Å². The van der Waals surface area contributed by atoms with Crippen molar-refractivity contribution in [3.63, 3.8) is 0 Å².